The monoisotopic (exact) mass is 368 g/mol. The predicted molar refractivity (Wildman–Crippen MR) is 95.0 cm³/mol. The second-order valence-electron chi connectivity index (χ2n) is 5.78. The number of phenolic OH excluding ortho intramolecular Hbond substituents is 1. The Labute approximate surface area is 145 Å². The zero-order valence-corrected chi connectivity index (χ0v) is 15.2. The van der Waals surface area contributed by atoms with Gasteiger partial charge in [0.25, 0.3) is 15.9 Å². The fraction of sp³-hybridized carbons (Fsp3) is 0.312. The number of hydrogen-bond donors (Lipinski definition) is 3. The minimum atomic E-state index is -3.69. The van der Waals surface area contributed by atoms with Crippen LogP contribution in [-0.4, -0.2) is 25.5 Å². The summed E-state index contributed by atoms with van der Waals surface area (Å²) in [4.78, 5) is 12.2. The van der Waals surface area contributed by atoms with E-state index in [9.17, 15) is 18.3 Å². The van der Waals surface area contributed by atoms with E-state index in [1.54, 1.807) is 11.4 Å². The number of aromatic hydroxyl groups is 1. The van der Waals surface area contributed by atoms with Crippen molar-refractivity contribution in [3.63, 3.8) is 0 Å². The third-order valence-corrected chi connectivity index (χ3v) is 6.39. The molecule has 1 aromatic heterocycles. The Hall–Kier alpha value is -2.06. The van der Waals surface area contributed by atoms with Crippen molar-refractivity contribution in [1.82, 2.24) is 5.32 Å². The molecule has 0 aliphatic rings. The molecule has 0 saturated heterocycles. The summed E-state index contributed by atoms with van der Waals surface area (Å²) in [7, 11) is -3.69. The summed E-state index contributed by atoms with van der Waals surface area (Å²) >= 11 is 1.09. The second-order valence-corrected chi connectivity index (χ2v) is 8.63. The third kappa shape index (κ3) is 4.27. The Morgan fingerprint density at radius 2 is 1.92 bits per heavy atom. The molecule has 1 heterocycles. The van der Waals surface area contributed by atoms with E-state index in [2.05, 4.69) is 10.0 Å². The number of rotatable bonds is 6. The maximum Gasteiger partial charge on any atom is 0.271 e. The van der Waals surface area contributed by atoms with Crippen LogP contribution in [0.3, 0.4) is 0 Å². The average molecular weight is 368 g/mol. The van der Waals surface area contributed by atoms with Gasteiger partial charge in [-0.15, -0.1) is 11.3 Å². The Morgan fingerprint density at radius 1 is 1.21 bits per heavy atom. The maximum atomic E-state index is 12.2. The number of amides is 1. The van der Waals surface area contributed by atoms with Gasteiger partial charge in [-0.2, -0.15) is 0 Å². The van der Waals surface area contributed by atoms with Crippen molar-refractivity contribution in [1.29, 1.82) is 0 Å². The molecule has 24 heavy (non-hydrogen) atoms. The highest BCUT2D eigenvalue weighted by Gasteiger charge is 2.18. The summed E-state index contributed by atoms with van der Waals surface area (Å²) in [5.41, 5.74) is 0.288. The van der Waals surface area contributed by atoms with E-state index < -0.39 is 15.9 Å². The van der Waals surface area contributed by atoms with Gasteiger partial charge in [0.15, 0.2) is 0 Å². The van der Waals surface area contributed by atoms with Crippen molar-refractivity contribution in [3.05, 3.63) is 41.3 Å². The Balaban J connectivity index is 2.17. The zero-order chi connectivity index (χ0) is 17.9. The molecule has 1 aromatic carbocycles. The van der Waals surface area contributed by atoms with Crippen LogP contribution >= 0.6 is 11.3 Å². The Morgan fingerprint density at radius 3 is 2.46 bits per heavy atom. The maximum absolute atomic E-state index is 12.2. The first-order valence-electron chi connectivity index (χ1n) is 7.41. The summed E-state index contributed by atoms with van der Waals surface area (Å²) in [6.07, 6.45) is 0. The first-order valence-corrected chi connectivity index (χ1v) is 9.77. The van der Waals surface area contributed by atoms with E-state index in [1.807, 2.05) is 20.8 Å². The van der Waals surface area contributed by atoms with Crippen LogP contribution in [0.5, 0.6) is 5.75 Å². The van der Waals surface area contributed by atoms with Gasteiger partial charge in [-0.05, 0) is 36.4 Å². The predicted octanol–water partition coefficient (Wildman–Crippen LogP) is 3.03. The highest BCUT2D eigenvalue weighted by molar-refractivity contribution is 7.94. The van der Waals surface area contributed by atoms with Gasteiger partial charge in [0, 0.05) is 12.1 Å². The van der Waals surface area contributed by atoms with Crippen LogP contribution in [-0.2, 0) is 10.0 Å². The first-order chi connectivity index (χ1) is 11.2. The van der Waals surface area contributed by atoms with Gasteiger partial charge in [0.1, 0.15) is 9.96 Å². The van der Waals surface area contributed by atoms with Crippen molar-refractivity contribution in [2.75, 3.05) is 4.72 Å². The van der Waals surface area contributed by atoms with Gasteiger partial charge in [-0.3, -0.25) is 9.52 Å². The Bertz CT molecular complexity index is 815. The number of sulfonamides is 1. The lowest BCUT2D eigenvalue weighted by molar-refractivity contribution is 0.0928. The second kappa shape index (κ2) is 7.23. The van der Waals surface area contributed by atoms with Gasteiger partial charge in [0.2, 0.25) is 0 Å². The summed E-state index contributed by atoms with van der Waals surface area (Å²) in [6, 6.07) is 7.14. The standard InChI is InChI=1S/C16H20N2O4S2/c1-10(2)11(3)17-16(20)13-7-6-12(9-14(13)19)18-24(21,22)15-5-4-8-23-15/h4-11,18-19H,1-3H3,(H,17,20). The van der Waals surface area contributed by atoms with Gasteiger partial charge in [-0.1, -0.05) is 19.9 Å². The molecule has 1 atom stereocenters. The number of hydrogen-bond acceptors (Lipinski definition) is 5. The molecule has 8 heteroatoms. The molecule has 6 nitrogen and oxygen atoms in total. The van der Waals surface area contributed by atoms with Crippen molar-refractivity contribution in [2.45, 2.75) is 31.0 Å². The lowest BCUT2D eigenvalue weighted by Gasteiger charge is -2.18. The van der Waals surface area contributed by atoms with E-state index >= 15 is 0 Å². The van der Waals surface area contributed by atoms with Crippen molar-refractivity contribution in [3.8, 4) is 5.75 Å². The normalized spacial score (nSPS) is 12.8. The van der Waals surface area contributed by atoms with E-state index in [-0.39, 0.29) is 33.2 Å². The lowest BCUT2D eigenvalue weighted by atomic mass is 10.1. The minimum absolute atomic E-state index is 0.0473. The molecule has 3 N–H and O–H groups in total. The van der Waals surface area contributed by atoms with Crippen LogP contribution in [0.2, 0.25) is 0 Å². The van der Waals surface area contributed by atoms with Crippen molar-refractivity contribution < 1.29 is 18.3 Å². The fourth-order valence-electron chi connectivity index (χ4n) is 1.86. The first kappa shape index (κ1) is 18.3. The van der Waals surface area contributed by atoms with Gasteiger partial charge in [0.05, 0.1) is 11.3 Å². The molecule has 1 unspecified atom stereocenters. The summed E-state index contributed by atoms with van der Waals surface area (Å²) in [5.74, 6) is -0.427. The van der Waals surface area contributed by atoms with Crippen LogP contribution in [0.4, 0.5) is 5.69 Å². The molecule has 0 radical (unpaired) electrons. The summed E-state index contributed by atoms with van der Waals surface area (Å²) in [5, 5.41) is 14.5. The quantitative estimate of drug-likeness (QED) is 0.730. The van der Waals surface area contributed by atoms with Crippen LogP contribution in [0, 0.1) is 5.92 Å². The highest BCUT2D eigenvalue weighted by atomic mass is 32.2. The summed E-state index contributed by atoms with van der Waals surface area (Å²) < 4.78 is 26.9. The molecule has 0 aliphatic heterocycles. The molecular weight excluding hydrogens is 348 g/mol. The molecule has 130 valence electrons. The van der Waals surface area contributed by atoms with Gasteiger partial charge in [-0.25, -0.2) is 8.42 Å². The van der Waals surface area contributed by atoms with Gasteiger partial charge < -0.3 is 10.4 Å². The van der Waals surface area contributed by atoms with Crippen LogP contribution in [0.15, 0.2) is 39.9 Å². The molecule has 0 bridgehead atoms. The smallest absolute Gasteiger partial charge is 0.271 e. The van der Waals surface area contributed by atoms with Crippen molar-refractivity contribution in [2.24, 2.45) is 5.92 Å². The fourth-order valence-corrected chi connectivity index (χ4v) is 3.90. The molecule has 1 amide bonds. The van der Waals surface area contributed by atoms with E-state index in [0.717, 1.165) is 11.3 Å². The number of nitrogens with one attached hydrogen (secondary N) is 2. The van der Waals surface area contributed by atoms with E-state index in [1.165, 1.54) is 24.3 Å². The van der Waals surface area contributed by atoms with Crippen LogP contribution in [0.1, 0.15) is 31.1 Å². The molecule has 0 fully saturated rings. The minimum Gasteiger partial charge on any atom is -0.507 e. The Kier molecular flexibility index (Phi) is 5.51. The number of phenols is 1. The number of carbonyl (C=O) groups excluding carboxylic acids is 1. The molecular formula is C16H20N2O4S2. The van der Waals surface area contributed by atoms with Crippen LogP contribution < -0.4 is 10.0 Å². The number of carbonyl (C=O) groups is 1. The van der Waals surface area contributed by atoms with E-state index in [0.29, 0.717) is 0 Å². The van der Waals surface area contributed by atoms with Crippen molar-refractivity contribution >= 4 is 33.0 Å². The average Bonchev–Trinajstić information content (AvgIpc) is 3.01. The lowest BCUT2D eigenvalue weighted by Crippen LogP contribution is -2.36. The highest BCUT2D eigenvalue weighted by Crippen LogP contribution is 2.25. The molecule has 0 aliphatic carbocycles. The topological polar surface area (TPSA) is 95.5 Å². The largest absolute Gasteiger partial charge is 0.507 e. The SMILES string of the molecule is CC(C)C(C)NC(=O)c1ccc(NS(=O)(=O)c2cccs2)cc1O. The number of thiophene rings is 1. The number of anilines is 1. The van der Waals surface area contributed by atoms with Crippen LogP contribution in [0.25, 0.3) is 0 Å². The molecule has 0 spiro atoms. The third-order valence-electron chi connectivity index (χ3n) is 3.61. The van der Waals surface area contributed by atoms with E-state index in [4.69, 9.17) is 0 Å². The summed E-state index contributed by atoms with van der Waals surface area (Å²) in [6.45, 7) is 5.84. The number of benzene rings is 1. The molecule has 2 aromatic rings. The molecule has 0 saturated carbocycles. The molecule has 2 rings (SSSR count). The van der Waals surface area contributed by atoms with Gasteiger partial charge >= 0.3 is 0 Å². The zero-order valence-electron chi connectivity index (χ0n) is 13.6.